The zero-order valence-corrected chi connectivity index (χ0v) is 17.5. The van der Waals surface area contributed by atoms with Crippen LogP contribution in [0.1, 0.15) is 36.2 Å². The zero-order valence-electron chi connectivity index (χ0n) is 17.5. The number of fused-ring (bicyclic) bond motifs is 1. The fourth-order valence-electron chi connectivity index (χ4n) is 4.20. The van der Waals surface area contributed by atoms with Gasteiger partial charge in [-0.25, -0.2) is 0 Å². The van der Waals surface area contributed by atoms with E-state index in [1.807, 2.05) is 6.07 Å². The van der Waals surface area contributed by atoms with Crippen molar-refractivity contribution in [1.82, 2.24) is 20.4 Å². The van der Waals surface area contributed by atoms with Gasteiger partial charge in [0.2, 0.25) is 0 Å². The molecule has 1 aromatic heterocycles. The van der Waals surface area contributed by atoms with Gasteiger partial charge < -0.3 is 10.1 Å². The van der Waals surface area contributed by atoms with E-state index >= 15 is 0 Å². The van der Waals surface area contributed by atoms with Crippen molar-refractivity contribution in [3.63, 3.8) is 0 Å². The summed E-state index contributed by atoms with van der Waals surface area (Å²) in [5.74, 6) is 0. The van der Waals surface area contributed by atoms with Gasteiger partial charge in [0.25, 0.3) is 0 Å². The van der Waals surface area contributed by atoms with Crippen LogP contribution in [0.4, 0.5) is 0 Å². The second-order valence-electron chi connectivity index (χ2n) is 8.15. The quantitative estimate of drug-likeness (QED) is 0.611. The lowest BCUT2D eigenvalue weighted by Gasteiger charge is -2.35. The molecule has 0 bridgehead atoms. The minimum atomic E-state index is 0.384. The molecule has 0 unspecified atom stereocenters. The smallest absolute Gasteiger partial charge is 0.0923 e. The average Bonchev–Trinajstić information content (AvgIpc) is 3.16. The summed E-state index contributed by atoms with van der Waals surface area (Å²) < 4.78 is 5.58. The van der Waals surface area contributed by atoms with Gasteiger partial charge in [-0.2, -0.15) is 5.10 Å². The highest BCUT2D eigenvalue weighted by Crippen LogP contribution is 2.23. The number of benzene rings is 2. The molecule has 0 saturated carbocycles. The van der Waals surface area contributed by atoms with Gasteiger partial charge in [0.15, 0.2) is 0 Å². The summed E-state index contributed by atoms with van der Waals surface area (Å²) in [4.78, 5) is 2.56. The largest absolute Gasteiger partial charge is 0.379 e. The molecule has 154 valence electrons. The summed E-state index contributed by atoms with van der Waals surface area (Å²) in [5.41, 5.74) is 5.00. The highest BCUT2D eigenvalue weighted by Gasteiger charge is 2.23. The molecular formula is C24H32N4O. The normalized spacial score (nSPS) is 17.4. The first-order valence-corrected chi connectivity index (χ1v) is 10.7. The molecule has 2 atom stereocenters. The topological polar surface area (TPSA) is 53.2 Å². The van der Waals surface area contributed by atoms with E-state index in [4.69, 9.17) is 4.74 Å². The van der Waals surface area contributed by atoms with E-state index in [0.29, 0.717) is 12.1 Å². The van der Waals surface area contributed by atoms with Crippen LogP contribution in [-0.4, -0.2) is 54.0 Å². The number of ether oxygens (including phenoxy) is 1. The molecule has 2 heterocycles. The number of hydrogen-bond donors (Lipinski definition) is 2. The van der Waals surface area contributed by atoms with Crippen LogP contribution in [0.15, 0.2) is 48.5 Å². The summed E-state index contributed by atoms with van der Waals surface area (Å²) in [6.45, 7) is 9.04. The lowest BCUT2D eigenvalue weighted by molar-refractivity contribution is 0.0157. The standard InChI is InChI=1S/C24H32N4O/c1-18-6-5-7-20(16-18)24(28-12-14-29-15-13-28)17-25-19(2)10-11-23-21-8-3-4-9-22(21)26-27-23/h3-9,16,19,24-25H,10-15,17H2,1-2H3,(H,26,27)/t19-,24+/m0/s1. The first-order valence-electron chi connectivity index (χ1n) is 10.7. The number of aryl methyl sites for hydroxylation is 2. The fourth-order valence-corrected chi connectivity index (χ4v) is 4.20. The maximum absolute atomic E-state index is 5.58. The maximum atomic E-state index is 5.58. The molecule has 2 N–H and O–H groups in total. The van der Waals surface area contributed by atoms with E-state index in [1.54, 1.807) is 0 Å². The van der Waals surface area contributed by atoms with Gasteiger partial charge in [0, 0.05) is 42.8 Å². The molecule has 1 saturated heterocycles. The van der Waals surface area contributed by atoms with Crippen LogP contribution in [0.5, 0.6) is 0 Å². The molecule has 3 aromatic rings. The van der Waals surface area contributed by atoms with E-state index in [0.717, 1.165) is 51.2 Å². The van der Waals surface area contributed by atoms with Crippen molar-refractivity contribution < 1.29 is 4.74 Å². The van der Waals surface area contributed by atoms with Crippen molar-refractivity contribution in [2.24, 2.45) is 0 Å². The number of aromatic nitrogens is 2. The molecule has 5 nitrogen and oxygen atoms in total. The highest BCUT2D eigenvalue weighted by atomic mass is 16.5. The number of nitrogens with one attached hydrogen (secondary N) is 2. The molecule has 1 aliphatic heterocycles. The minimum Gasteiger partial charge on any atom is -0.379 e. The fraction of sp³-hybridized carbons (Fsp3) is 0.458. The van der Waals surface area contributed by atoms with Gasteiger partial charge >= 0.3 is 0 Å². The first kappa shape index (κ1) is 20.1. The predicted octanol–water partition coefficient (Wildman–Crippen LogP) is 3.86. The summed E-state index contributed by atoms with van der Waals surface area (Å²) in [7, 11) is 0. The van der Waals surface area contributed by atoms with Gasteiger partial charge in [-0.1, -0.05) is 48.0 Å². The molecule has 5 heteroatoms. The SMILES string of the molecule is Cc1cccc([C@@H](CN[C@@H](C)CCc2[nH]nc3ccccc23)N2CCOCC2)c1. The first-order chi connectivity index (χ1) is 14.2. The van der Waals surface area contributed by atoms with Crippen molar-refractivity contribution in [3.8, 4) is 0 Å². The Morgan fingerprint density at radius 1 is 1.14 bits per heavy atom. The van der Waals surface area contributed by atoms with Gasteiger partial charge in [0.1, 0.15) is 0 Å². The van der Waals surface area contributed by atoms with Gasteiger partial charge in [-0.15, -0.1) is 0 Å². The Kier molecular flexibility index (Phi) is 6.60. The Hall–Kier alpha value is -2.21. The van der Waals surface area contributed by atoms with Crippen molar-refractivity contribution in [2.45, 2.75) is 38.8 Å². The van der Waals surface area contributed by atoms with E-state index < -0.39 is 0 Å². The minimum absolute atomic E-state index is 0.384. The second kappa shape index (κ2) is 9.53. The number of para-hydroxylation sites is 1. The van der Waals surface area contributed by atoms with Gasteiger partial charge in [-0.05, 0) is 38.3 Å². The summed E-state index contributed by atoms with van der Waals surface area (Å²) in [6, 6.07) is 18.1. The Morgan fingerprint density at radius 2 is 1.97 bits per heavy atom. The van der Waals surface area contributed by atoms with Crippen LogP contribution < -0.4 is 5.32 Å². The van der Waals surface area contributed by atoms with Crippen LogP contribution >= 0.6 is 0 Å². The maximum Gasteiger partial charge on any atom is 0.0923 e. The monoisotopic (exact) mass is 392 g/mol. The van der Waals surface area contributed by atoms with Gasteiger partial charge in [-0.3, -0.25) is 10.00 Å². The zero-order chi connectivity index (χ0) is 20.1. The van der Waals surface area contributed by atoms with E-state index in [2.05, 4.69) is 76.7 Å². The molecule has 1 fully saturated rings. The van der Waals surface area contributed by atoms with Crippen LogP contribution in [0.25, 0.3) is 10.9 Å². The highest BCUT2D eigenvalue weighted by molar-refractivity contribution is 5.81. The van der Waals surface area contributed by atoms with Crippen molar-refractivity contribution in [3.05, 3.63) is 65.4 Å². The Bertz CT molecular complexity index is 916. The second-order valence-corrected chi connectivity index (χ2v) is 8.15. The van der Waals surface area contributed by atoms with Crippen LogP contribution in [0.3, 0.4) is 0 Å². The lowest BCUT2D eigenvalue weighted by Crippen LogP contribution is -2.44. The number of nitrogens with zero attached hydrogens (tertiary/aromatic N) is 2. The summed E-state index contributed by atoms with van der Waals surface area (Å²) in [5, 5.41) is 12.7. The number of rotatable bonds is 8. The predicted molar refractivity (Wildman–Crippen MR) is 118 cm³/mol. The Morgan fingerprint density at radius 3 is 2.79 bits per heavy atom. The summed E-state index contributed by atoms with van der Waals surface area (Å²) in [6.07, 6.45) is 2.08. The third-order valence-corrected chi connectivity index (χ3v) is 5.94. The lowest BCUT2D eigenvalue weighted by atomic mass is 10.0. The number of hydrogen-bond acceptors (Lipinski definition) is 4. The Balaban J connectivity index is 1.37. The molecule has 2 aromatic carbocycles. The molecule has 1 aliphatic rings. The van der Waals surface area contributed by atoms with Crippen molar-refractivity contribution >= 4 is 10.9 Å². The average molecular weight is 393 g/mol. The molecule has 4 rings (SSSR count). The van der Waals surface area contributed by atoms with Crippen molar-refractivity contribution in [1.29, 1.82) is 0 Å². The summed E-state index contributed by atoms with van der Waals surface area (Å²) >= 11 is 0. The third kappa shape index (κ3) is 5.04. The van der Waals surface area contributed by atoms with Crippen LogP contribution in [0, 0.1) is 6.92 Å². The van der Waals surface area contributed by atoms with Crippen LogP contribution in [0.2, 0.25) is 0 Å². The van der Waals surface area contributed by atoms with E-state index in [-0.39, 0.29) is 0 Å². The Labute approximate surface area is 173 Å². The third-order valence-electron chi connectivity index (χ3n) is 5.94. The molecule has 0 amide bonds. The molecule has 0 aliphatic carbocycles. The number of morpholine rings is 1. The van der Waals surface area contributed by atoms with Gasteiger partial charge in [0.05, 0.1) is 18.7 Å². The molecule has 0 spiro atoms. The van der Waals surface area contributed by atoms with Crippen molar-refractivity contribution in [2.75, 3.05) is 32.8 Å². The number of H-pyrrole nitrogens is 1. The molecule has 0 radical (unpaired) electrons. The molecular weight excluding hydrogens is 360 g/mol. The van der Waals surface area contributed by atoms with E-state index in [1.165, 1.54) is 22.2 Å². The number of aromatic amines is 1. The molecule has 29 heavy (non-hydrogen) atoms. The van der Waals surface area contributed by atoms with E-state index in [9.17, 15) is 0 Å². The van der Waals surface area contributed by atoms with Crippen LogP contribution in [-0.2, 0) is 11.2 Å².